The van der Waals surface area contributed by atoms with Crippen LogP contribution in [0.5, 0.6) is 5.75 Å². The summed E-state index contributed by atoms with van der Waals surface area (Å²) in [4.78, 5) is 11.8. The van der Waals surface area contributed by atoms with Crippen LogP contribution >= 0.6 is 0 Å². The van der Waals surface area contributed by atoms with Gasteiger partial charge in [-0.1, -0.05) is 68.5 Å². The quantitative estimate of drug-likeness (QED) is 0.496. The van der Waals surface area contributed by atoms with E-state index in [4.69, 9.17) is 4.74 Å². The van der Waals surface area contributed by atoms with Crippen molar-refractivity contribution < 1.29 is 14.6 Å². The van der Waals surface area contributed by atoms with Crippen LogP contribution in [-0.4, -0.2) is 36.8 Å². The second-order valence-corrected chi connectivity index (χ2v) is 9.09. The summed E-state index contributed by atoms with van der Waals surface area (Å²) < 4.78 is 5.26. The number of methoxy groups -OCH3 is 1. The Morgan fingerprint density at radius 2 is 1.78 bits per heavy atom. The lowest BCUT2D eigenvalue weighted by atomic mass is 9.84. The van der Waals surface area contributed by atoms with Crippen molar-refractivity contribution in [2.75, 3.05) is 13.7 Å². The van der Waals surface area contributed by atoms with Gasteiger partial charge in [0.25, 0.3) is 0 Å². The highest BCUT2D eigenvalue weighted by atomic mass is 16.5. The van der Waals surface area contributed by atoms with Crippen LogP contribution in [0.3, 0.4) is 0 Å². The first-order valence-corrected chi connectivity index (χ1v) is 11.9. The van der Waals surface area contributed by atoms with Crippen molar-refractivity contribution in [2.45, 2.75) is 70.6 Å². The molecule has 1 amide bonds. The topological polar surface area (TPSA) is 70.6 Å². The van der Waals surface area contributed by atoms with E-state index in [9.17, 15) is 9.90 Å². The molecule has 0 unspecified atom stereocenters. The standard InChI is InChI=1S/C27H38N2O3/c1-20(30)29-26(27(31)19-28-18-24-12-7-13-25(16-24)32-2)17-23-11-6-10-22(15-23)14-21-8-4-3-5-9-21/h6-7,10-13,15-16,21,26-28,31H,3-5,8-9,14,17-19H2,1-2H3,(H,29,30)/t26-,27+/m0/s1. The number of carbonyl (C=O) groups excluding carboxylic acids is 1. The lowest BCUT2D eigenvalue weighted by Gasteiger charge is -2.25. The number of hydrogen-bond donors (Lipinski definition) is 3. The van der Waals surface area contributed by atoms with Crippen LogP contribution < -0.4 is 15.4 Å². The van der Waals surface area contributed by atoms with Crippen molar-refractivity contribution >= 4 is 5.91 Å². The summed E-state index contributed by atoms with van der Waals surface area (Å²) in [5.41, 5.74) is 3.61. The summed E-state index contributed by atoms with van der Waals surface area (Å²) in [5.74, 6) is 1.48. The molecule has 32 heavy (non-hydrogen) atoms. The van der Waals surface area contributed by atoms with E-state index in [0.29, 0.717) is 19.5 Å². The van der Waals surface area contributed by atoms with Gasteiger partial charge >= 0.3 is 0 Å². The van der Waals surface area contributed by atoms with Gasteiger partial charge in [-0.25, -0.2) is 0 Å². The summed E-state index contributed by atoms with van der Waals surface area (Å²) in [7, 11) is 1.65. The van der Waals surface area contributed by atoms with E-state index in [0.717, 1.165) is 29.2 Å². The predicted octanol–water partition coefficient (Wildman–Crippen LogP) is 4.02. The first-order valence-electron chi connectivity index (χ1n) is 11.9. The van der Waals surface area contributed by atoms with Crippen LogP contribution in [0.4, 0.5) is 0 Å². The second kappa shape index (κ2) is 12.6. The Bertz CT molecular complexity index is 848. The van der Waals surface area contributed by atoms with E-state index in [1.165, 1.54) is 44.6 Å². The molecule has 0 saturated heterocycles. The molecule has 0 heterocycles. The maximum Gasteiger partial charge on any atom is 0.217 e. The molecule has 1 aliphatic carbocycles. The first kappa shape index (κ1) is 24.3. The lowest BCUT2D eigenvalue weighted by Crippen LogP contribution is -2.48. The Morgan fingerprint density at radius 3 is 2.53 bits per heavy atom. The van der Waals surface area contributed by atoms with Crippen LogP contribution in [0.1, 0.15) is 55.7 Å². The highest BCUT2D eigenvalue weighted by Crippen LogP contribution is 2.27. The molecule has 1 aliphatic rings. The molecular weight excluding hydrogens is 400 g/mol. The maximum absolute atomic E-state index is 11.8. The molecule has 174 valence electrons. The van der Waals surface area contributed by atoms with Gasteiger partial charge in [-0.3, -0.25) is 4.79 Å². The summed E-state index contributed by atoms with van der Waals surface area (Å²) in [5, 5.41) is 17.1. The smallest absolute Gasteiger partial charge is 0.217 e. The van der Waals surface area contributed by atoms with Gasteiger partial charge in [-0.05, 0) is 47.6 Å². The van der Waals surface area contributed by atoms with Crippen molar-refractivity contribution in [3.05, 3.63) is 65.2 Å². The molecule has 3 rings (SSSR count). The van der Waals surface area contributed by atoms with Gasteiger partial charge in [-0.2, -0.15) is 0 Å². The van der Waals surface area contributed by atoms with Gasteiger partial charge < -0.3 is 20.5 Å². The third-order valence-corrected chi connectivity index (χ3v) is 6.37. The molecule has 3 N–H and O–H groups in total. The molecule has 2 aromatic carbocycles. The molecule has 1 saturated carbocycles. The second-order valence-electron chi connectivity index (χ2n) is 9.09. The number of hydrogen-bond acceptors (Lipinski definition) is 4. The molecule has 0 bridgehead atoms. The normalized spacial score (nSPS) is 16.3. The number of ether oxygens (including phenoxy) is 1. The molecule has 0 radical (unpaired) electrons. The fourth-order valence-corrected chi connectivity index (χ4v) is 4.70. The van der Waals surface area contributed by atoms with Crippen molar-refractivity contribution in [3.8, 4) is 5.75 Å². The van der Waals surface area contributed by atoms with Crippen molar-refractivity contribution in [1.29, 1.82) is 0 Å². The fourth-order valence-electron chi connectivity index (χ4n) is 4.70. The Morgan fingerprint density at radius 1 is 1.06 bits per heavy atom. The van der Waals surface area contributed by atoms with Crippen molar-refractivity contribution in [1.82, 2.24) is 10.6 Å². The van der Waals surface area contributed by atoms with Gasteiger partial charge in [0.05, 0.1) is 19.3 Å². The predicted molar refractivity (Wildman–Crippen MR) is 129 cm³/mol. The molecule has 2 aromatic rings. The van der Waals surface area contributed by atoms with Crippen molar-refractivity contribution in [2.24, 2.45) is 5.92 Å². The van der Waals surface area contributed by atoms with Crippen LogP contribution in [-0.2, 0) is 24.2 Å². The number of benzene rings is 2. The zero-order valence-electron chi connectivity index (χ0n) is 19.5. The summed E-state index contributed by atoms with van der Waals surface area (Å²) in [6.45, 7) is 2.52. The molecule has 0 spiro atoms. The van der Waals surface area contributed by atoms with Crippen LogP contribution in [0, 0.1) is 5.92 Å². The van der Waals surface area contributed by atoms with Gasteiger partial charge in [0.1, 0.15) is 5.75 Å². The minimum absolute atomic E-state index is 0.125. The fraction of sp³-hybridized carbons (Fsp3) is 0.519. The Balaban J connectivity index is 1.56. The van der Waals surface area contributed by atoms with Crippen molar-refractivity contribution in [3.63, 3.8) is 0 Å². The van der Waals surface area contributed by atoms with Gasteiger partial charge in [0, 0.05) is 20.0 Å². The number of carbonyl (C=O) groups is 1. The number of aliphatic hydroxyl groups excluding tert-OH is 1. The maximum atomic E-state index is 11.8. The average molecular weight is 439 g/mol. The molecule has 5 heteroatoms. The Hall–Kier alpha value is -2.37. The number of aliphatic hydroxyl groups is 1. The lowest BCUT2D eigenvalue weighted by molar-refractivity contribution is -0.120. The molecule has 0 aromatic heterocycles. The molecular formula is C27H38N2O3. The highest BCUT2D eigenvalue weighted by Gasteiger charge is 2.21. The summed E-state index contributed by atoms with van der Waals surface area (Å²) in [6, 6.07) is 16.2. The molecule has 2 atom stereocenters. The van der Waals surface area contributed by atoms with Gasteiger partial charge in [0.2, 0.25) is 5.91 Å². The zero-order chi connectivity index (χ0) is 22.8. The van der Waals surface area contributed by atoms with Crippen LogP contribution in [0.2, 0.25) is 0 Å². The van der Waals surface area contributed by atoms with Gasteiger partial charge in [-0.15, -0.1) is 0 Å². The largest absolute Gasteiger partial charge is 0.497 e. The average Bonchev–Trinajstić information content (AvgIpc) is 2.79. The Labute approximate surface area is 192 Å². The summed E-state index contributed by atoms with van der Waals surface area (Å²) >= 11 is 0. The minimum Gasteiger partial charge on any atom is -0.497 e. The van der Waals surface area contributed by atoms with Gasteiger partial charge in [0.15, 0.2) is 0 Å². The Kier molecular flexibility index (Phi) is 9.57. The number of rotatable bonds is 11. The third-order valence-electron chi connectivity index (χ3n) is 6.37. The number of amides is 1. The van der Waals surface area contributed by atoms with E-state index in [1.54, 1.807) is 7.11 Å². The van der Waals surface area contributed by atoms with E-state index in [-0.39, 0.29) is 11.9 Å². The number of nitrogens with one attached hydrogen (secondary N) is 2. The van der Waals surface area contributed by atoms with E-state index in [1.807, 2.05) is 24.3 Å². The SMILES string of the molecule is COc1cccc(CNC[C@@H](O)[C@H](Cc2cccc(CC3CCCCC3)c2)NC(C)=O)c1. The van der Waals surface area contributed by atoms with E-state index in [2.05, 4.69) is 34.9 Å². The third kappa shape index (κ3) is 7.95. The van der Waals surface area contributed by atoms with E-state index >= 15 is 0 Å². The van der Waals surface area contributed by atoms with Crippen LogP contribution in [0.25, 0.3) is 0 Å². The molecule has 1 fully saturated rings. The molecule has 0 aliphatic heterocycles. The summed E-state index contributed by atoms with van der Waals surface area (Å²) in [6.07, 6.45) is 7.79. The minimum atomic E-state index is -0.688. The zero-order valence-corrected chi connectivity index (χ0v) is 19.5. The first-order chi connectivity index (χ1) is 15.5. The molecule has 5 nitrogen and oxygen atoms in total. The highest BCUT2D eigenvalue weighted by molar-refractivity contribution is 5.73. The monoisotopic (exact) mass is 438 g/mol. The van der Waals surface area contributed by atoms with E-state index < -0.39 is 6.10 Å². The van der Waals surface area contributed by atoms with Crippen LogP contribution in [0.15, 0.2) is 48.5 Å².